The molecular formula is C7H8ClNO2. The van der Waals surface area contributed by atoms with Crippen molar-refractivity contribution in [1.82, 2.24) is 4.98 Å². The first-order valence-electron chi connectivity index (χ1n) is 3.01. The smallest absolute Gasteiger partial charge is 0.159 e. The van der Waals surface area contributed by atoms with Gasteiger partial charge in [0.25, 0.3) is 0 Å². The molecule has 60 valence electrons. The highest BCUT2D eigenvalue weighted by atomic mass is 35.5. The molecule has 0 aliphatic heterocycles. The molecule has 0 aliphatic rings. The molecule has 0 saturated carbocycles. The van der Waals surface area contributed by atoms with Gasteiger partial charge in [0.05, 0.1) is 26.6 Å². The number of aromatic nitrogens is 1. The molecular weight excluding hydrogens is 166 g/mol. The van der Waals surface area contributed by atoms with E-state index in [1.807, 2.05) is 0 Å². The average molecular weight is 174 g/mol. The van der Waals surface area contributed by atoms with Crippen molar-refractivity contribution in [1.29, 1.82) is 0 Å². The maximum absolute atomic E-state index is 5.82. The lowest BCUT2D eigenvalue weighted by Gasteiger charge is -2.05. The molecule has 0 N–H and O–H groups in total. The van der Waals surface area contributed by atoms with Gasteiger partial charge in [-0.1, -0.05) is 11.6 Å². The van der Waals surface area contributed by atoms with Gasteiger partial charge in [0.15, 0.2) is 11.5 Å². The SMILES string of the molecule is COc1cncc(OC)c1Cl. The van der Waals surface area contributed by atoms with Crippen LogP contribution in [0.3, 0.4) is 0 Å². The highest BCUT2D eigenvalue weighted by Gasteiger charge is 2.05. The minimum absolute atomic E-state index is 0.449. The minimum Gasteiger partial charge on any atom is -0.493 e. The first-order valence-corrected chi connectivity index (χ1v) is 3.39. The fourth-order valence-electron chi connectivity index (χ4n) is 0.692. The van der Waals surface area contributed by atoms with Gasteiger partial charge in [-0.2, -0.15) is 0 Å². The van der Waals surface area contributed by atoms with Crippen molar-refractivity contribution in [2.45, 2.75) is 0 Å². The molecule has 0 amide bonds. The van der Waals surface area contributed by atoms with Crippen molar-refractivity contribution in [2.75, 3.05) is 14.2 Å². The van der Waals surface area contributed by atoms with Crippen molar-refractivity contribution in [3.8, 4) is 11.5 Å². The summed E-state index contributed by atoms with van der Waals surface area (Å²) in [5, 5.41) is 0.449. The van der Waals surface area contributed by atoms with Gasteiger partial charge in [-0.25, -0.2) is 0 Å². The van der Waals surface area contributed by atoms with Gasteiger partial charge in [-0.3, -0.25) is 4.98 Å². The monoisotopic (exact) mass is 173 g/mol. The highest BCUT2D eigenvalue weighted by Crippen LogP contribution is 2.31. The number of hydrogen-bond donors (Lipinski definition) is 0. The zero-order valence-electron chi connectivity index (χ0n) is 6.30. The van der Waals surface area contributed by atoms with Crippen molar-refractivity contribution < 1.29 is 9.47 Å². The van der Waals surface area contributed by atoms with Crippen LogP contribution < -0.4 is 9.47 Å². The normalized spacial score (nSPS) is 9.36. The van der Waals surface area contributed by atoms with Crippen molar-refractivity contribution in [2.24, 2.45) is 0 Å². The summed E-state index contributed by atoms with van der Waals surface area (Å²) >= 11 is 5.82. The Bertz CT molecular complexity index is 230. The summed E-state index contributed by atoms with van der Waals surface area (Å²) in [7, 11) is 3.06. The fraction of sp³-hybridized carbons (Fsp3) is 0.286. The fourth-order valence-corrected chi connectivity index (χ4v) is 0.944. The average Bonchev–Trinajstić information content (AvgIpc) is 2.05. The van der Waals surface area contributed by atoms with Gasteiger partial charge in [-0.05, 0) is 0 Å². The van der Waals surface area contributed by atoms with Crippen LogP contribution in [0.4, 0.5) is 0 Å². The Morgan fingerprint density at radius 3 is 2.00 bits per heavy atom. The molecule has 0 bridgehead atoms. The molecule has 0 radical (unpaired) electrons. The third kappa shape index (κ3) is 1.54. The van der Waals surface area contributed by atoms with E-state index in [2.05, 4.69) is 4.98 Å². The van der Waals surface area contributed by atoms with E-state index in [9.17, 15) is 0 Å². The molecule has 0 saturated heterocycles. The van der Waals surface area contributed by atoms with Gasteiger partial charge in [-0.15, -0.1) is 0 Å². The molecule has 0 aromatic carbocycles. The van der Waals surface area contributed by atoms with Gasteiger partial charge >= 0.3 is 0 Å². The summed E-state index contributed by atoms with van der Waals surface area (Å²) in [4.78, 5) is 3.85. The van der Waals surface area contributed by atoms with Crippen LogP contribution in [-0.4, -0.2) is 19.2 Å². The molecule has 4 heteroatoms. The number of methoxy groups -OCH3 is 2. The number of ether oxygens (including phenoxy) is 2. The number of hydrogen-bond acceptors (Lipinski definition) is 3. The lowest BCUT2D eigenvalue weighted by molar-refractivity contribution is 0.391. The summed E-state index contributed by atoms with van der Waals surface area (Å²) in [5.74, 6) is 1.04. The van der Waals surface area contributed by atoms with Gasteiger partial charge in [0.2, 0.25) is 0 Å². The molecule has 11 heavy (non-hydrogen) atoms. The van der Waals surface area contributed by atoms with Crippen LogP contribution in [0.5, 0.6) is 11.5 Å². The predicted octanol–water partition coefficient (Wildman–Crippen LogP) is 1.75. The number of nitrogens with zero attached hydrogens (tertiary/aromatic N) is 1. The largest absolute Gasteiger partial charge is 0.493 e. The summed E-state index contributed by atoms with van der Waals surface area (Å²) in [6.45, 7) is 0. The van der Waals surface area contributed by atoms with Crippen LogP contribution in [0.1, 0.15) is 0 Å². The second-order valence-electron chi connectivity index (χ2n) is 1.86. The Labute approximate surface area is 69.9 Å². The molecule has 1 rings (SSSR count). The van der Waals surface area contributed by atoms with E-state index in [0.717, 1.165) is 0 Å². The van der Waals surface area contributed by atoms with Crippen LogP contribution >= 0.6 is 11.6 Å². The summed E-state index contributed by atoms with van der Waals surface area (Å²) in [6, 6.07) is 0. The van der Waals surface area contributed by atoms with Gasteiger partial charge < -0.3 is 9.47 Å². The second kappa shape index (κ2) is 3.44. The molecule has 1 heterocycles. The Morgan fingerprint density at radius 2 is 1.64 bits per heavy atom. The second-order valence-corrected chi connectivity index (χ2v) is 2.24. The van der Waals surface area contributed by atoms with Crippen LogP contribution in [-0.2, 0) is 0 Å². The van der Waals surface area contributed by atoms with E-state index < -0.39 is 0 Å². The number of rotatable bonds is 2. The van der Waals surface area contributed by atoms with Gasteiger partial charge in [0.1, 0.15) is 5.02 Å². The minimum atomic E-state index is 0.449. The summed E-state index contributed by atoms with van der Waals surface area (Å²) in [5.41, 5.74) is 0. The molecule has 0 atom stereocenters. The van der Waals surface area contributed by atoms with Crippen LogP contribution in [0.2, 0.25) is 5.02 Å². The van der Waals surface area contributed by atoms with E-state index in [1.165, 1.54) is 26.6 Å². The van der Waals surface area contributed by atoms with E-state index in [0.29, 0.717) is 16.5 Å². The van der Waals surface area contributed by atoms with E-state index in [-0.39, 0.29) is 0 Å². The van der Waals surface area contributed by atoms with Gasteiger partial charge in [0, 0.05) is 0 Å². The summed E-state index contributed by atoms with van der Waals surface area (Å²) in [6.07, 6.45) is 3.07. The summed E-state index contributed by atoms with van der Waals surface area (Å²) < 4.78 is 9.83. The number of halogens is 1. The maximum Gasteiger partial charge on any atom is 0.159 e. The molecule has 1 aromatic rings. The Morgan fingerprint density at radius 1 is 1.18 bits per heavy atom. The van der Waals surface area contributed by atoms with Crippen molar-refractivity contribution in [3.63, 3.8) is 0 Å². The van der Waals surface area contributed by atoms with E-state index in [1.54, 1.807) is 0 Å². The van der Waals surface area contributed by atoms with Crippen LogP contribution in [0.15, 0.2) is 12.4 Å². The maximum atomic E-state index is 5.82. The highest BCUT2D eigenvalue weighted by molar-refractivity contribution is 6.33. The standard InChI is InChI=1S/C7H8ClNO2/c1-10-5-3-9-4-6(11-2)7(5)8/h3-4H,1-2H3. The quantitative estimate of drug-likeness (QED) is 0.683. The van der Waals surface area contributed by atoms with Crippen molar-refractivity contribution >= 4 is 11.6 Å². The Kier molecular flexibility index (Phi) is 2.54. The Hall–Kier alpha value is -0.960. The third-order valence-electron chi connectivity index (χ3n) is 1.26. The first kappa shape index (κ1) is 8.14. The van der Waals surface area contributed by atoms with E-state index in [4.69, 9.17) is 21.1 Å². The molecule has 0 spiro atoms. The third-order valence-corrected chi connectivity index (χ3v) is 1.63. The molecule has 0 fully saturated rings. The topological polar surface area (TPSA) is 31.4 Å². The lowest BCUT2D eigenvalue weighted by Crippen LogP contribution is -1.90. The molecule has 0 unspecified atom stereocenters. The predicted molar refractivity (Wildman–Crippen MR) is 42.4 cm³/mol. The molecule has 3 nitrogen and oxygen atoms in total. The first-order chi connectivity index (χ1) is 5.29. The zero-order valence-corrected chi connectivity index (χ0v) is 7.05. The lowest BCUT2D eigenvalue weighted by atomic mass is 10.4. The van der Waals surface area contributed by atoms with Crippen LogP contribution in [0, 0.1) is 0 Å². The molecule has 1 aromatic heterocycles. The zero-order chi connectivity index (χ0) is 8.27. The molecule has 0 aliphatic carbocycles. The van der Waals surface area contributed by atoms with Crippen LogP contribution in [0.25, 0.3) is 0 Å². The number of pyridine rings is 1. The Balaban J connectivity index is 3.10. The van der Waals surface area contributed by atoms with Crippen molar-refractivity contribution in [3.05, 3.63) is 17.4 Å². The van der Waals surface area contributed by atoms with E-state index >= 15 is 0 Å².